The zero-order valence-corrected chi connectivity index (χ0v) is 31.7. The van der Waals surface area contributed by atoms with E-state index in [4.69, 9.17) is 14.2 Å². The van der Waals surface area contributed by atoms with Gasteiger partial charge in [0.1, 0.15) is 18.7 Å². The van der Waals surface area contributed by atoms with Gasteiger partial charge in [0.2, 0.25) is 11.8 Å². The van der Waals surface area contributed by atoms with E-state index in [9.17, 15) is 24.3 Å². The van der Waals surface area contributed by atoms with Gasteiger partial charge >= 0.3 is 12.2 Å². The van der Waals surface area contributed by atoms with Crippen molar-refractivity contribution in [3.8, 4) is 11.1 Å². The van der Waals surface area contributed by atoms with Crippen molar-refractivity contribution in [2.45, 2.75) is 70.0 Å². The van der Waals surface area contributed by atoms with Crippen LogP contribution in [0.4, 0.5) is 9.59 Å². The third-order valence-corrected chi connectivity index (χ3v) is 10.0. The average Bonchev–Trinajstić information content (AvgIpc) is 4.01. The van der Waals surface area contributed by atoms with Gasteiger partial charge in [-0.1, -0.05) is 84.9 Å². The second kappa shape index (κ2) is 19.2. The number of ether oxygens (including phenoxy) is 3. The number of hydrogen-bond donors (Lipinski definition) is 3. The van der Waals surface area contributed by atoms with Crippen LogP contribution in [0, 0.1) is 0 Å². The molecule has 2 unspecified atom stereocenters. The Morgan fingerprint density at radius 1 is 0.839 bits per heavy atom. The minimum absolute atomic E-state index is 0.0343. The van der Waals surface area contributed by atoms with Crippen LogP contribution in [0.2, 0.25) is 0 Å². The first-order valence-electron chi connectivity index (χ1n) is 19.1. The summed E-state index contributed by atoms with van der Waals surface area (Å²) in [7, 11) is 0. The van der Waals surface area contributed by atoms with Gasteiger partial charge in [0.25, 0.3) is 0 Å². The van der Waals surface area contributed by atoms with Crippen LogP contribution in [-0.4, -0.2) is 101 Å². The molecule has 1 aromatic heterocycles. The van der Waals surface area contributed by atoms with Crippen molar-refractivity contribution in [3.05, 3.63) is 126 Å². The molecule has 6 rings (SSSR count). The number of benzene rings is 3. The van der Waals surface area contributed by atoms with Crippen LogP contribution in [0.5, 0.6) is 0 Å². The van der Waals surface area contributed by atoms with Gasteiger partial charge in [-0.25, -0.2) is 9.59 Å². The maximum Gasteiger partial charge on any atom is 0.408 e. The maximum absolute atomic E-state index is 14.4. The van der Waals surface area contributed by atoms with Crippen molar-refractivity contribution >= 4 is 24.0 Å². The fourth-order valence-electron chi connectivity index (χ4n) is 7.18. The highest BCUT2D eigenvalue weighted by Crippen LogP contribution is 2.44. The molecule has 3 aromatic carbocycles. The highest BCUT2D eigenvalue weighted by molar-refractivity contribution is 5.92. The van der Waals surface area contributed by atoms with Crippen molar-refractivity contribution in [1.29, 1.82) is 0 Å². The van der Waals surface area contributed by atoms with Crippen LogP contribution in [0.15, 0.2) is 103 Å². The van der Waals surface area contributed by atoms with Crippen molar-refractivity contribution in [2.24, 2.45) is 0 Å². The number of amides is 4. The van der Waals surface area contributed by atoms with Crippen LogP contribution in [-0.2, 0) is 36.8 Å². The third-order valence-electron chi connectivity index (χ3n) is 10.0. The largest absolute Gasteiger partial charge is 0.465 e. The van der Waals surface area contributed by atoms with Crippen LogP contribution in [0.1, 0.15) is 54.9 Å². The molecule has 4 aromatic rings. The molecule has 0 radical (unpaired) electrons. The third kappa shape index (κ3) is 10.1. The second-order valence-electron chi connectivity index (χ2n) is 13.8. The van der Waals surface area contributed by atoms with E-state index in [1.165, 1.54) is 0 Å². The van der Waals surface area contributed by atoms with Gasteiger partial charge in [0.15, 0.2) is 6.29 Å². The highest BCUT2D eigenvalue weighted by Gasteiger charge is 2.40. The van der Waals surface area contributed by atoms with Crippen molar-refractivity contribution in [1.82, 2.24) is 25.4 Å². The minimum Gasteiger partial charge on any atom is -0.465 e. The number of pyridine rings is 1. The van der Waals surface area contributed by atoms with Gasteiger partial charge in [-0.15, -0.1) is 0 Å². The zero-order chi connectivity index (χ0) is 39.4. The molecular weight excluding hydrogens is 715 g/mol. The monoisotopic (exact) mass is 763 g/mol. The molecule has 294 valence electrons. The Bertz CT molecular complexity index is 1890. The molecule has 4 amide bonds. The lowest BCUT2D eigenvalue weighted by Gasteiger charge is -2.33. The molecule has 1 fully saturated rings. The van der Waals surface area contributed by atoms with E-state index < -0.39 is 43.0 Å². The molecule has 13 heteroatoms. The summed E-state index contributed by atoms with van der Waals surface area (Å²) in [6, 6.07) is 25.7. The fourth-order valence-corrected chi connectivity index (χ4v) is 7.18. The summed E-state index contributed by atoms with van der Waals surface area (Å²) in [6.07, 6.45) is 2.06. The van der Waals surface area contributed by atoms with Crippen molar-refractivity contribution in [2.75, 3.05) is 32.9 Å². The maximum atomic E-state index is 14.4. The molecule has 2 aliphatic carbocycles. The van der Waals surface area contributed by atoms with Crippen LogP contribution < -0.4 is 10.6 Å². The minimum atomic E-state index is -1.44. The molecule has 1 heterocycles. The van der Waals surface area contributed by atoms with E-state index >= 15 is 0 Å². The summed E-state index contributed by atoms with van der Waals surface area (Å²) in [5.74, 6) is -1.31. The first-order valence-corrected chi connectivity index (χ1v) is 19.1. The van der Waals surface area contributed by atoms with Gasteiger partial charge in [0, 0.05) is 50.5 Å². The number of nitrogens with one attached hydrogen (secondary N) is 2. The van der Waals surface area contributed by atoms with E-state index in [1.54, 1.807) is 59.8 Å². The van der Waals surface area contributed by atoms with Gasteiger partial charge in [-0.2, -0.15) is 0 Å². The summed E-state index contributed by atoms with van der Waals surface area (Å²) in [5.41, 5.74) is 5.56. The quantitative estimate of drug-likeness (QED) is 0.104. The van der Waals surface area contributed by atoms with Gasteiger partial charge in [-0.3, -0.25) is 19.5 Å². The van der Waals surface area contributed by atoms with Crippen molar-refractivity contribution < 1.29 is 38.5 Å². The average molecular weight is 764 g/mol. The van der Waals surface area contributed by atoms with E-state index in [0.29, 0.717) is 24.3 Å². The molecule has 0 saturated heterocycles. The molecule has 0 bridgehead atoms. The standard InChI is InChI=1S/C43H49N5O8/c1-3-54-39(55-4-2)27-47(31-20-21-31)41(50)37(23-30-15-12-22-44-24-30)46-40(49)38(48(43(52)53)26-29-13-6-5-7-14-29)25-45-42(51)56-28-36-34-18-10-8-16-32(34)33-17-9-11-19-35(33)36/h5-19,22,24,31,36-39H,3-4,20-21,23,25-28H2,1-2H3,(H,45,51)(H,46,49)(H,52,53). The lowest BCUT2D eigenvalue weighted by Crippen LogP contribution is -2.59. The highest BCUT2D eigenvalue weighted by atomic mass is 16.7. The molecule has 3 N–H and O–H groups in total. The Morgan fingerprint density at radius 2 is 1.46 bits per heavy atom. The summed E-state index contributed by atoms with van der Waals surface area (Å²) >= 11 is 0. The van der Waals surface area contributed by atoms with Gasteiger partial charge < -0.3 is 34.9 Å². The van der Waals surface area contributed by atoms with E-state index in [2.05, 4.69) is 15.6 Å². The Labute approximate surface area is 327 Å². The van der Waals surface area contributed by atoms with E-state index in [-0.39, 0.29) is 44.0 Å². The first-order chi connectivity index (χ1) is 27.3. The molecule has 2 aliphatic rings. The number of aromatic nitrogens is 1. The lowest BCUT2D eigenvalue weighted by atomic mass is 9.98. The number of rotatable bonds is 19. The second-order valence-corrected chi connectivity index (χ2v) is 13.8. The SMILES string of the molecule is CCOC(CN(C(=O)C(Cc1cccnc1)NC(=O)C(CNC(=O)OCC1c2ccccc2-c2ccccc21)N(Cc1ccccc1)C(=O)O)C1CC1)OCC. The van der Waals surface area contributed by atoms with E-state index in [0.717, 1.165) is 40.0 Å². The molecule has 13 nitrogen and oxygen atoms in total. The summed E-state index contributed by atoms with van der Waals surface area (Å²) in [4.78, 5) is 61.9. The van der Waals surface area contributed by atoms with Gasteiger partial charge in [-0.05, 0) is 66.1 Å². The van der Waals surface area contributed by atoms with Crippen LogP contribution in [0.25, 0.3) is 11.1 Å². The topological polar surface area (TPSA) is 160 Å². The molecular formula is C43H49N5O8. The van der Waals surface area contributed by atoms with E-state index in [1.807, 2.05) is 62.4 Å². The Hall–Kier alpha value is -5.79. The predicted molar refractivity (Wildman–Crippen MR) is 209 cm³/mol. The number of fused-ring (bicyclic) bond motifs is 3. The smallest absolute Gasteiger partial charge is 0.408 e. The number of carbonyl (C=O) groups excluding carboxylic acids is 3. The summed E-state index contributed by atoms with van der Waals surface area (Å²) in [5, 5.41) is 16.0. The van der Waals surface area contributed by atoms with Crippen LogP contribution >= 0.6 is 0 Å². The Balaban J connectivity index is 1.22. The molecule has 1 saturated carbocycles. The number of hydrogen-bond acceptors (Lipinski definition) is 8. The summed E-state index contributed by atoms with van der Waals surface area (Å²) < 4.78 is 17.3. The lowest BCUT2D eigenvalue weighted by molar-refractivity contribution is -0.161. The first kappa shape index (κ1) is 39.9. The zero-order valence-electron chi connectivity index (χ0n) is 31.7. The predicted octanol–water partition coefficient (Wildman–Crippen LogP) is 5.59. The number of alkyl carbamates (subject to hydrolysis) is 1. The molecule has 0 aliphatic heterocycles. The Kier molecular flexibility index (Phi) is 13.7. The number of carboxylic acid groups (broad SMARTS) is 1. The van der Waals surface area contributed by atoms with Gasteiger partial charge in [0.05, 0.1) is 13.1 Å². The van der Waals surface area contributed by atoms with Crippen molar-refractivity contribution in [3.63, 3.8) is 0 Å². The molecule has 56 heavy (non-hydrogen) atoms. The number of carbonyl (C=O) groups is 4. The number of nitrogens with zero attached hydrogens (tertiary/aromatic N) is 3. The summed E-state index contributed by atoms with van der Waals surface area (Å²) in [6.45, 7) is 4.09. The Morgan fingerprint density at radius 3 is 2.05 bits per heavy atom. The van der Waals surface area contributed by atoms with Crippen LogP contribution in [0.3, 0.4) is 0 Å². The fraction of sp³-hybridized carbons (Fsp3) is 0.372. The normalized spacial score (nSPS) is 14.3. The molecule has 0 spiro atoms. The molecule has 2 atom stereocenters.